The fourth-order valence-corrected chi connectivity index (χ4v) is 3.58. The number of fused-ring (bicyclic) bond motifs is 2. The Balaban J connectivity index is 1.98. The van der Waals surface area contributed by atoms with Crippen LogP contribution < -0.4 is 5.56 Å². The van der Waals surface area contributed by atoms with Gasteiger partial charge in [-0.3, -0.25) is 9.36 Å². The first-order valence-electron chi connectivity index (χ1n) is 8.37. The molecule has 0 unspecified atom stereocenters. The van der Waals surface area contributed by atoms with Crippen LogP contribution >= 0.6 is 11.6 Å². The van der Waals surface area contributed by atoms with Crippen LogP contribution in [-0.2, 0) is 13.0 Å². The van der Waals surface area contributed by atoms with Crippen molar-refractivity contribution in [1.82, 2.24) is 14.0 Å². The van der Waals surface area contributed by atoms with E-state index in [2.05, 4.69) is 17.2 Å². The van der Waals surface area contributed by atoms with Crippen LogP contribution in [0.2, 0.25) is 5.02 Å². The third kappa shape index (κ3) is 2.49. The monoisotopic (exact) mass is 361 g/mol. The Morgan fingerprint density at radius 2 is 2.08 bits per heavy atom. The second-order valence-corrected chi connectivity index (χ2v) is 6.46. The summed E-state index contributed by atoms with van der Waals surface area (Å²) in [5.41, 5.74) is 4.47. The maximum absolute atomic E-state index is 12.3. The number of terminal acetylenes is 1. The van der Waals surface area contributed by atoms with Crippen LogP contribution in [0.5, 0.6) is 0 Å². The highest BCUT2D eigenvalue weighted by Crippen LogP contribution is 2.28. The molecule has 0 aliphatic rings. The van der Waals surface area contributed by atoms with Crippen LogP contribution in [0.1, 0.15) is 12.6 Å². The maximum atomic E-state index is 12.3. The lowest BCUT2D eigenvalue weighted by molar-refractivity contribution is 0.836. The van der Waals surface area contributed by atoms with Crippen molar-refractivity contribution in [2.24, 2.45) is 0 Å². The van der Waals surface area contributed by atoms with Gasteiger partial charge in [-0.05, 0) is 36.8 Å². The molecule has 0 atom stereocenters. The molecule has 0 bridgehead atoms. The molecule has 4 nitrogen and oxygen atoms in total. The standard InChI is InChI=1S/C21H16ClN3O/c1-3-10-25-18-9-8-14(12-15(18)13-16(22)21(25)26)20-17(4-2)24-11-6-5-7-19(24)23-20/h1,5-9,11-13H,4,10H2,2H3. The van der Waals surface area contributed by atoms with Gasteiger partial charge in [0.1, 0.15) is 10.7 Å². The van der Waals surface area contributed by atoms with E-state index in [9.17, 15) is 4.79 Å². The van der Waals surface area contributed by atoms with Crippen molar-refractivity contribution in [3.8, 4) is 23.6 Å². The summed E-state index contributed by atoms with van der Waals surface area (Å²) in [5.74, 6) is 2.52. The topological polar surface area (TPSA) is 39.3 Å². The Morgan fingerprint density at radius 1 is 1.23 bits per heavy atom. The lowest BCUT2D eigenvalue weighted by Gasteiger charge is -2.10. The SMILES string of the molecule is C#CCn1c(=O)c(Cl)cc2cc(-c3nc4ccccn4c3CC)ccc21. The van der Waals surface area contributed by atoms with E-state index in [0.717, 1.165) is 39.9 Å². The molecule has 0 amide bonds. The van der Waals surface area contributed by atoms with Crippen molar-refractivity contribution in [2.75, 3.05) is 0 Å². The van der Waals surface area contributed by atoms with Gasteiger partial charge >= 0.3 is 0 Å². The van der Waals surface area contributed by atoms with Gasteiger partial charge in [0.15, 0.2) is 0 Å². The number of nitrogens with zero attached hydrogens (tertiary/aromatic N) is 3. The van der Waals surface area contributed by atoms with Crippen LogP contribution in [0.3, 0.4) is 0 Å². The Morgan fingerprint density at radius 3 is 2.85 bits per heavy atom. The summed E-state index contributed by atoms with van der Waals surface area (Å²) in [4.78, 5) is 17.1. The smallest absolute Gasteiger partial charge is 0.270 e. The molecule has 5 heteroatoms. The number of aryl methyl sites for hydroxylation is 1. The average molecular weight is 362 g/mol. The van der Waals surface area contributed by atoms with E-state index < -0.39 is 0 Å². The number of hydrogen-bond donors (Lipinski definition) is 0. The number of imidazole rings is 1. The molecule has 3 heterocycles. The van der Waals surface area contributed by atoms with Gasteiger partial charge in [0, 0.05) is 17.1 Å². The second kappa shape index (κ2) is 6.36. The zero-order valence-electron chi connectivity index (χ0n) is 14.2. The van der Waals surface area contributed by atoms with E-state index in [0.29, 0.717) is 0 Å². The van der Waals surface area contributed by atoms with E-state index >= 15 is 0 Å². The molecule has 128 valence electrons. The number of hydrogen-bond acceptors (Lipinski definition) is 2. The largest absolute Gasteiger partial charge is 0.303 e. The molecule has 0 aliphatic heterocycles. The molecule has 0 spiro atoms. The molecule has 3 aromatic heterocycles. The molecule has 4 aromatic rings. The van der Waals surface area contributed by atoms with Crippen LogP contribution in [0, 0.1) is 12.3 Å². The first kappa shape index (κ1) is 16.4. The van der Waals surface area contributed by atoms with Crippen molar-refractivity contribution in [1.29, 1.82) is 0 Å². The molecule has 0 fully saturated rings. The number of rotatable bonds is 3. The van der Waals surface area contributed by atoms with Crippen molar-refractivity contribution >= 4 is 28.2 Å². The van der Waals surface area contributed by atoms with Crippen molar-refractivity contribution in [3.05, 3.63) is 69.7 Å². The highest BCUT2D eigenvalue weighted by Gasteiger charge is 2.14. The number of pyridine rings is 2. The number of aromatic nitrogens is 3. The van der Waals surface area contributed by atoms with E-state index in [-0.39, 0.29) is 17.1 Å². The zero-order valence-corrected chi connectivity index (χ0v) is 15.0. The van der Waals surface area contributed by atoms with Crippen LogP contribution in [-0.4, -0.2) is 14.0 Å². The summed E-state index contributed by atoms with van der Waals surface area (Å²) < 4.78 is 3.62. The third-order valence-electron chi connectivity index (χ3n) is 4.54. The van der Waals surface area contributed by atoms with Gasteiger partial charge in [-0.25, -0.2) is 4.98 Å². The highest BCUT2D eigenvalue weighted by atomic mass is 35.5. The van der Waals surface area contributed by atoms with Crippen LogP contribution in [0.15, 0.2) is 53.5 Å². The first-order chi connectivity index (χ1) is 12.6. The highest BCUT2D eigenvalue weighted by molar-refractivity contribution is 6.31. The predicted octanol–water partition coefficient (Wildman–Crippen LogP) is 4.17. The summed E-state index contributed by atoms with van der Waals surface area (Å²) in [6, 6.07) is 13.5. The van der Waals surface area contributed by atoms with Gasteiger partial charge in [-0.15, -0.1) is 6.42 Å². The van der Waals surface area contributed by atoms with Crippen molar-refractivity contribution in [3.63, 3.8) is 0 Å². The summed E-state index contributed by atoms with van der Waals surface area (Å²) in [6.07, 6.45) is 8.28. The lowest BCUT2D eigenvalue weighted by Crippen LogP contribution is -2.20. The predicted molar refractivity (Wildman–Crippen MR) is 106 cm³/mol. The molecule has 0 saturated heterocycles. The van der Waals surface area contributed by atoms with E-state index in [4.69, 9.17) is 23.0 Å². The minimum atomic E-state index is -0.271. The van der Waals surface area contributed by atoms with Crippen LogP contribution in [0.4, 0.5) is 0 Å². The Bertz CT molecular complexity index is 1240. The normalized spacial score (nSPS) is 11.1. The van der Waals surface area contributed by atoms with Gasteiger partial charge in [0.25, 0.3) is 5.56 Å². The molecular formula is C21H16ClN3O. The Kier molecular flexibility index (Phi) is 4.02. The quantitative estimate of drug-likeness (QED) is 0.514. The molecular weight excluding hydrogens is 346 g/mol. The van der Waals surface area contributed by atoms with Gasteiger partial charge < -0.3 is 4.40 Å². The summed E-state index contributed by atoms with van der Waals surface area (Å²) in [5, 5.41) is 1.03. The summed E-state index contributed by atoms with van der Waals surface area (Å²) in [7, 11) is 0. The second-order valence-electron chi connectivity index (χ2n) is 6.05. The fraction of sp³-hybridized carbons (Fsp3) is 0.143. The van der Waals surface area contributed by atoms with Gasteiger partial charge in [-0.1, -0.05) is 36.6 Å². The maximum Gasteiger partial charge on any atom is 0.270 e. The molecule has 0 aliphatic carbocycles. The molecule has 0 N–H and O–H groups in total. The molecule has 4 rings (SSSR count). The van der Waals surface area contributed by atoms with E-state index in [1.54, 1.807) is 6.07 Å². The summed E-state index contributed by atoms with van der Waals surface area (Å²) in [6.45, 7) is 2.30. The minimum absolute atomic E-state index is 0.163. The summed E-state index contributed by atoms with van der Waals surface area (Å²) >= 11 is 6.13. The first-order valence-corrected chi connectivity index (χ1v) is 8.74. The zero-order chi connectivity index (χ0) is 18.3. The Hall–Kier alpha value is -3.03. The Labute approximate surface area is 155 Å². The van der Waals surface area contributed by atoms with Crippen molar-refractivity contribution in [2.45, 2.75) is 19.9 Å². The molecule has 1 aromatic carbocycles. The fourth-order valence-electron chi connectivity index (χ4n) is 3.36. The third-order valence-corrected chi connectivity index (χ3v) is 4.81. The average Bonchev–Trinajstić information content (AvgIpc) is 3.03. The number of halogens is 1. The minimum Gasteiger partial charge on any atom is -0.303 e. The van der Waals surface area contributed by atoms with Gasteiger partial charge in [0.2, 0.25) is 0 Å². The molecule has 0 saturated carbocycles. The van der Waals surface area contributed by atoms with Crippen LogP contribution in [0.25, 0.3) is 27.8 Å². The van der Waals surface area contributed by atoms with Gasteiger partial charge in [0.05, 0.1) is 23.4 Å². The molecule has 0 radical (unpaired) electrons. The van der Waals surface area contributed by atoms with Crippen molar-refractivity contribution < 1.29 is 0 Å². The molecule has 26 heavy (non-hydrogen) atoms. The van der Waals surface area contributed by atoms with E-state index in [1.165, 1.54) is 4.57 Å². The number of benzene rings is 1. The lowest BCUT2D eigenvalue weighted by atomic mass is 10.1. The van der Waals surface area contributed by atoms with E-state index in [1.807, 2.05) is 42.6 Å². The van der Waals surface area contributed by atoms with Gasteiger partial charge in [-0.2, -0.15) is 0 Å².